The minimum Gasteiger partial charge on any atom is -0.504 e. The number of hydrogen-bond donors (Lipinski definition) is 8. The van der Waals surface area contributed by atoms with E-state index in [0.717, 1.165) is 22.3 Å². The number of nitrogen functional groups attached to an aromatic ring is 2. The van der Waals surface area contributed by atoms with Crippen molar-refractivity contribution in [2.45, 2.75) is 37.4 Å². The van der Waals surface area contributed by atoms with Crippen molar-refractivity contribution >= 4 is 75.1 Å². The van der Waals surface area contributed by atoms with Crippen LogP contribution in [0.25, 0.3) is 0 Å². The molecule has 2 aliphatic heterocycles. The topological polar surface area (TPSA) is 300 Å². The fraction of sp³-hybridized carbons (Fsp3) is 0.323. The minimum atomic E-state index is -1.80. The molecule has 10 N–H and O–H groups in total. The molecule has 1 fully saturated rings. The van der Waals surface area contributed by atoms with Gasteiger partial charge in [-0.05, 0) is 37.0 Å². The third kappa shape index (κ3) is 8.17. The predicted octanol–water partition coefficient (Wildman–Crippen LogP) is -0.392. The summed E-state index contributed by atoms with van der Waals surface area (Å²) in [7, 11) is 1.56. The Kier molecular flexibility index (Phi) is 10.9. The first-order valence-corrected chi connectivity index (χ1v) is 17.5. The van der Waals surface area contributed by atoms with Crippen LogP contribution < -0.4 is 26.7 Å². The molecule has 0 radical (unpaired) electrons. The van der Waals surface area contributed by atoms with Crippen LogP contribution in [0.3, 0.4) is 0 Å². The summed E-state index contributed by atoms with van der Waals surface area (Å²) in [6, 6.07) is 2.61. The van der Waals surface area contributed by atoms with E-state index in [9.17, 15) is 44.4 Å². The van der Waals surface area contributed by atoms with Crippen molar-refractivity contribution in [2.24, 2.45) is 5.16 Å². The number of carbonyl (C=O) groups is 5. The van der Waals surface area contributed by atoms with E-state index >= 15 is 0 Å². The van der Waals surface area contributed by atoms with E-state index in [4.69, 9.17) is 16.3 Å². The molecule has 2 aromatic heterocycles. The Morgan fingerprint density at radius 2 is 1.92 bits per heavy atom. The van der Waals surface area contributed by atoms with Crippen molar-refractivity contribution in [2.75, 3.05) is 42.7 Å². The zero-order valence-corrected chi connectivity index (χ0v) is 30.0. The summed E-state index contributed by atoms with van der Waals surface area (Å²) in [6.07, 6.45) is 3.00. The number of nitrogens with two attached hydrogens (primary N) is 2. The van der Waals surface area contributed by atoms with Crippen molar-refractivity contribution in [3.8, 4) is 11.5 Å². The molecule has 0 saturated carbocycles. The lowest BCUT2D eigenvalue weighted by Gasteiger charge is -2.49. The number of aromatic hydroxyl groups is 2. The van der Waals surface area contributed by atoms with Crippen molar-refractivity contribution in [3.05, 3.63) is 58.6 Å². The number of amides is 3. The highest BCUT2D eigenvalue weighted by Gasteiger charge is 2.54. The van der Waals surface area contributed by atoms with Gasteiger partial charge in [0.05, 0.1) is 0 Å². The summed E-state index contributed by atoms with van der Waals surface area (Å²) in [6.45, 7) is 2.92. The van der Waals surface area contributed by atoms with E-state index in [1.54, 1.807) is 17.8 Å². The minimum absolute atomic E-state index is 0.0155. The van der Waals surface area contributed by atoms with Crippen LogP contribution in [0.5, 0.6) is 11.5 Å². The third-order valence-electron chi connectivity index (χ3n) is 8.02. The molecule has 3 aromatic rings. The van der Waals surface area contributed by atoms with Gasteiger partial charge in [-0.2, -0.15) is 0 Å². The average molecular weight is 772 g/mol. The van der Waals surface area contributed by atoms with Crippen LogP contribution in [0.4, 0.5) is 16.6 Å². The Morgan fingerprint density at radius 3 is 2.57 bits per heavy atom. The monoisotopic (exact) mass is 771 g/mol. The lowest BCUT2D eigenvalue weighted by molar-refractivity contribution is -0.691. The van der Waals surface area contributed by atoms with Crippen LogP contribution >= 0.6 is 23.1 Å². The van der Waals surface area contributed by atoms with Crippen molar-refractivity contribution < 1.29 is 53.8 Å². The number of rotatable bonds is 14. The molecule has 20 nitrogen and oxygen atoms in total. The first-order valence-electron chi connectivity index (χ1n) is 15.6. The molecule has 280 valence electrons. The molecule has 1 aromatic carbocycles. The Labute approximate surface area is 308 Å². The summed E-state index contributed by atoms with van der Waals surface area (Å²) in [4.78, 5) is 79.3. The number of carbonyl (C=O) groups excluding carboxylic acids is 3. The van der Waals surface area contributed by atoms with Crippen LogP contribution in [0.1, 0.15) is 29.9 Å². The zero-order valence-electron chi connectivity index (χ0n) is 28.3. The summed E-state index contributed by atoms with van der Waals surface area (Å²) >= 11 is 2.22. The van der Waals surface area contributed by atoms with Gasteiger partial charge in [-0.3, -0.25) is 19.3 Å². The lowest BCUT2D eigenvalue weighted by Crippen LogP contribution is -2.71. The molecule has 1 unspecified atom stereocenters. The van der Waals surface area contributed by atoms with E-state index in [-0.39, 0.29) is 59.0 Å². The van der Waals surface area contributed by atoms with E-state index in [2.05, 4.69) is 25.8 Å². The number of aliphatic carboxylic acids is 2. The molecule has 2 aliphatic rings. The van der Waals surface area contributed by atoms with Gasteiger partial charge in [-0.25, -0.2) is 19.1 Å². The van der Waals surface area contributed by atoms with Gasteiger partial charge in [0.2, 0.25) is 5.60 Å². The maximum absolute atomic E-state index is 13.4. The number of nitrogens with zero attached hydrogens (tertiary/aromatic N) is 6. The molecule has 0 bridgehead atoms. The van der Waals surface area contributed by atoms with Crippen LogP contribution in [0.15, 0.2) is 52.5 Å². The second kappa shape index (κ2) is 15.2. The number of phenols is 2. The number of likely N-dealkylation sites (N-methyl/N-ethyl adjacent to an activating group) is 1. The van der Waals surface area contributed by atoms with Crippen molar-refractivity contribution in [3.63, 3.8) is 0 Å². The molecular weight excluding hydrogens is 737 g/mol. The molecule has 2 atom stereocenters. The highest BCUT2D eigenvalue weighted by molar-refractivity contribution is 8.00. The maximum Gasteiger partial charge on any atom is 0.352 e. The highest BCUT2D eigenvalue weighted by Crippen LogP contribution is 2.40. The molecule has 4 heterocycles. The molecule has 0 spiro atoms. The lowest BCUT2D eigenvalue weighted by atomic mass is 10.0. The van der Waals surface area contributed by atoms with E-state index in [1.807, 2.05) is 0 Å². The Morgan fingerprint density at radius 1 is 1.19 bits per heavy atom. The number of carboxylic acid groups (broad SMARTS) is 2. The molecule has 53 heavy (non-hydrogen) atoms. The van der Waals surface area contributed by atoms with Gasteiger partial charge in [-0.15, -0.1) is 23.1 Å². The van der Waals surface area contributed by atoms with Crippen LogP contribution in [0.2, 0.25) is 0 Å². The van der Waals surface area contributed by atoms with Gasteiger partial charge in [0.15, 0.2) is 22.3 Å². The quantitative estimate of drug-likeness (QED) is 0.0340. The number of thioether (sulfide) groups is 1. The van der Waals surface area contributed by atoms with Gasteiger partial charge in [-0.1, -0.05) is 5.16 Å². The number of fused-ring (bicyclic) bond motifs is 1. The van der Waals surface area contributed by atoms with Crippen LogP contribution in [0, 0.1) is 0 Å². The Bertz CT molecular complexity index is 2050. The maximum atomic E-state index is 13.4. The number of benzene rings is 1. The number of β-lactam (4-membered cyclic amide) rings is 1. The van der Waals surface area contributed by atoms with E-state index < -0.39 is 58.1 Å². The Hall–Kier alpha value is -6.16. The molecule has 5 rings (SSSR count). The van der Waals surface area contributed by atoms with E-state index in [1.165, 1.54) is 54.3 Å². The number of thiazole rings is 1. The molecular formula is C31H35N10O10S2+. The molecule has 22 heteroatoms. The number of hydrogen-bond acceptors (Lipinski definition) is 16. The standard InChI is InChI=1S/C31H34N10O10S2/c1-31(2,29(49)50)51-38-20(17-12-53-30(33)36-17)24(44)37-21-26(46)41-22(28(47)48)15(11-52-27(21)41)9-40-10-16(23(32)35-13-40)34-6-7-39(3)25(45)14-4-5-18(42)19(43)8-14/h4-5,8,10,12-13,21,27,32,34H,6-7,9,11H2,1-3H3,(H7,33,36,37,38,42,43,44,45,47,48,49,50)/p+1/t21-,27?/m1/s1. The highest BCUT2D eigenvalue weighted by atomic mass is 32.2. The number of carboxylic acids is 2. The first-order chi connectivity index (χ1) is 25.0. The van der Waals surface area contributed by atoms with Crippen molar-refractivity contribution in [1.82, 2.24) is 25.1 Å². The van der Waals surface area contributed by atoms with Gasteiger partial charge in [0, 0.05) is 42.4 Å². The second-order valence-electron chi connectivity index (χ2n) is 12.2. The number of nitrogens with one attached hydrogen (secondary N) is 2. The van der Waals surface area contributed by atoms with Crippen LogP contribution in [-0.2, 0) is 30.6 Å². The largest absolute Gasteiger partial charge is 0.504 e. The Balaban J connectivity index is 1.26. The van der Waals surface area contributed by atoms with Gasteiger partial charge in [0.1, 0.15) is 41.2 Å². The molecule has 0 aliphatic carbocycles. The van der Waals surface area contributed by atoms with Gasteiger partial charge in [0.25, 0.3) is 29.9 Å². The smallest absolute Gasteiger partial charge is 0.352 e. The number of aromatic nitrogens is 3. The summed E-state index contributed by atoms with van der Waals surface area (Å²) in [5.41, 5.74) is 10.2. The number of anilines is 3. The fourth-order valence-corrected chi connectivity index (χ4v) is 6.95. The van der Waals surface area contributed by atoms with Gasteiger partial charge >= 0.3 is 11.9 Å². The summed E-state index contributed by atoms with van der Waals surface area (Å²) < 4.78 is 1.58. The molecule has 1 saturated heterocycles. The van der Waals surface area contributed by atoms with Gasteiger partial charge < -0.3 is 52.3 Å². The van der Waals surface area contributed by atoms with Crippen LogP contribution in [-0.4, -0.2) is 118 Å². The normalized spacial score (nSPS) is 17.1. The van der Waals surface area contributed by atoms with Crippen molar-refractivity contribution in [1.29, 1.82) is 0 Å². The number of phenolic OH excluding ortho intramolecular Hbond substituents is 2. The summed E-state index contributed by atoms with van der Waals surface area (Å²) in [5.74, 6) is -5.17. The molecule has 3 amide bonds. The zero-order chi connectivity index (χ0) is 38.8. The van der Waals surface area contributed by atoms with E-state index in [0.29, 0.717) is 11.3 Å². The average Bonchev–Trinajstić information content (AvgIpc) is 3.54. The first kappa shape index (κ1) is 38.1. The number of oxime groups is 1. The SMILES string of the molecule is CN(CCNc1c[n+](CC2=C(C(=O)O)N3C(=O)[C@@H](NC(=O)/C(=N\OC(C)(C)C(=O)O)c4csc(N)n4)C3SC2)cnc1N)C(=O)c1ccc(O)c(O)c1. The fourth-order valence-electron chi connectivity index (χ4n) is 5.07. The second-order valence-corrected chi connectivity index (χ2v) is 14.2. The third-order valence-corrected chi connectivity index (χ3v) is 10.0. The summed E-state index contributed by atoms with van der Waals surface area (Å²) in [5, 5.41) is 48.9. The predicted molar refractivity (Wildman–Crippen MR) is 190 cm³/mol.